The summed E-state index contributed by atoms with van der Waals surface area (Å²) in [6.45, 7) is 0.868. The number of nitriles is 1. The van der Waals surface area contributed by atoms with E-state index in [0.29, 0.717) is 30.8 Å². The van der Waals surface area contributed by atoms with E-state index in [4.69, 9.17) is 15.1 Å². The van der Waals surface area contributed by atoms with E-state index in [0.717, 1.165) is 0 Å². The highest BCUT2D eigenvalue weighted by molar-refractivity contribution is 5.78. The first-order chi connectivity index (χ1) is 10.1. The van der Waals surface area contributed by atoms with Crippen molar-refractivity contribution < 1.29 is 19.4 Å². The van der Waals surface area contributed by atoms with Crippen molar-refractivity contribution in [1.29, 1.82) is 5.26 Å². The standard InChI is InChI=1S/C15H16N2O4/c16-8-12-3-1-2-4-13(12)21-10-14(18)17-6-5-11(9-17)7-15(19)20/h1-4,11H,5-7,9-10H2,(H,19,20). The zero-order valence-electron chi connectivity index (χ0n) is 11.5. The molecule has 1 unspecified atom stereocenters. The topological polar surface area (TPSA) is 90.6 Å². The predicted molar refractivity (Wildman–Crippen MR) is 73.6 cm³/mol. The Morgan fingerprint density at radius 3 is 2.90 bits per heavy atom. The van der Waals surface area contributed by atoms with Gasteiger partial charge in [0, 0.05) is 19.5 Å². The molecule has 0 bridgehead atoms. The van der Waals surface area contributed by atoms with Crippen LogP contribution in [0.5, 0.6) is 5.75 Å². The van der Waals surface area contributed by atoms with Gasteiger partial charge in [-0.2, -0.15) is 5.26 Å². The average Bonchev–Trinajstić information content (AvgIpc) is 2.92. The lowest BCUT2D eigenvalue weighted by Gasteiger charge is -2.16. The van der Waals surface area contributed by atoms with Crippen LogP contribution in [-0.2, 0) is 9.59 Å². The molecule has 1 aromatic carbocycles. The van der Waals surface area contributed by atoms with Crippen molar-refractivity contribution in [2.24, 2.45) is 5.92 Å². The third-order valence-corrected chi connectivity index (χ3v) is 3.46. The van der Waals surface area contributed by atoms with Crippen LogP contribution >= 0.6 is 0 Å². The lowest BCUT2D eigenvalue weighted by Crippen LogP contribution is -2.33. The summed E-state index contributed by atoms with van der Waals surface area (Å²) in [5, 5.41) is 17.7. The first-order valence-electron chi connectivity index (χ1n) is 6.71. The van der Waals surface area contributed by atoms with Crippen molar-refractivity contribution in [2.75, 3.05) is 19.7 Å². The van der Waals surface area contributed by atoms with Crippen LogP contribution in [0, 0.1) is 17.2 Å². The molecule has 1 atom stereocenters. The molecule has 1 aliphatic rings. The molecule has 0 spiro atoms. The second kappa shape index (κ2) is 6.75. The summed E-state index contributed by atoms with van der Waals surface area (Å²) in [6, 6.07) is 8.73. The molecule has 1 saturated heterocycles. The lowest BCUT2D eigenvalue weighted by molar-refractivity contribution is -0.138. The van der Waals surface area contributed by atoms with Crippen LogP contribution in [0.25, 0.3) is 0 Å². The van der Waals surface area contributed by atoms with Gasteiger partial charge < -0.3 is 14.7 Å². The van der Waals surface area contributed by atoms with Crippen LogP contribution in [-0.4, -0.2) is 41.6 Å². The Morgan fingerprint density at radius 2 is 2.19 bits per heavy atom. The molecule has 1 aromatic rings. The van der Waals surface area contributed by atoms with Crippen molar-refractivity contribution in [3.05, 3.63) is 29.8 Å². The van der Waals surface area contributed by atoms with Crippen LogP contribution in [0.3, 0.4) is 0 Å². The van der Waals surface area contributed by atoms with Gasteiger partial charge in [-0.3, -0.25) is 9.59 Å². The molecular formula is C15H16N2O4. The van der Waals surface area contributed by atoms with Gasteiger partial charge in [-0.25, -0.2) is 0 Å². The van der Waals surface area contributed by atoms with Crippen LogP contribution in [0.15, 0.2) is 24.3 Å². The van der Waals surface area contributed by atoms with E-state index >= 15 is 0 Å². The fourth-order valence-corrected chi connectivity index (χ4v) is 2.39. The van der Waals surface area contributed by atoms with Crippen molar-refractivity contribution in [3.63, 3.8) is 0 Å². The first-order valence-corrected chi connectivity index (χ1v) is 6.71. The number of ether oxygens (including phenoxy) is 1. The molecular weight excluding hydrogens is 272 g/mol. The smallest absolute Gasteiger partial charge is 0.303 e. The quantitative estimate of drug-likeness (QED) is 0.880. The number of carboxylic acids is 1. The van der Waals surface area contributed by atoms with Gasteiger partial charge in [0.2, 0.25) is 0 Å². The number of rotatable bonds is 5. The summed E-state index contributed by atoms with van der Waals surface area (Å²) in [5.41, 5.74) is 0.385. The Kier molecular flexibility index (Phi) is 4.77. The minimum Gasteiger partial charge on any atom is -0.482 e. The molecule has 1 fully saturated rings. The third-order valence-electron chi connectivity index (χ3n) is 3.46. The molecule has 1 heterocycles. The van der Waals surface area contributed by atoms with Gasteiger partial charge in [-0.1, -0.05) is 12.1 Å². The molecule has 110 valence electrons. The second-order valence-corrected chi connectivity index (χ2v) is 4.99. The summed E-state index contributed by atoms with van der Waals surface area (Å²) in [6.07, 6.45) is 0.786. The van der Waals surface area contributed by atoms with Gasteiger partial charge in [-0.15, -0.1) is 0 Å². The molecule has 1 aliphatic heterocycles. The van der Waals surface area contributed by atoms with Gasteiger partial charge in [0.1, 0.15) is 11.8 Å². The largest absolute Gasteiger partial charge is 0.482 e. The Balaban J connectivity index is 1.86. The van der Waals surface area contributed by atoms with Gasteiger partial charge in [-0.05, 0) is 24.5 Å². The highest BCUT2D eigenvalue weighted by Crippen LogP contribution is 2.20. The number of para-hydroxylation sites is 1. The molecule has 6 nitrogen and oxygen atoms in total. The normalized spacial score (nSPS) is 17.3. The van der Waals surface area contributed by atoms with Gasteiger partial charge >= 0.3 is 5.97 Å². The van der Waals surface area contributed by atoms with E-state index in [-0.39, 0.29) is 24.9 Å². The molecule has 0 saturated carbocycles. The predicted octanol–water partition coefficient (Wildman–Crippen LogP) is 1.26. The van der Waals surface area contributed by atoms with Gasteiger partial charge in [0.15, 0.2) is 6.61 Å². The maximum absolute atomic E-state index is 12.0. The van der Waals surface area contributed by atoms with Gasteiger partial charge in [0.25, 0.3) is 5.91 Å². The fraction of sp³-hybridized carbons (Fsp3) is 0.400. The van der Waals surface area contributed by atoms with E-state index in [1.165, 1.54) is 0 Å². The van der Waals surface area contributed by atoms with Crippen LogP contribution in [0.4, 0.5) is 0 Å². The highest BCUT2D eigenvalue weighted by Gasteiger charge is 2.27. The molecule has 0 aliphatic carbocycles. The third kappa shape index (κ3) is 3.96. The molecule has 0 aromatic heterocycles. The Hall–Kier alpha value is -2.55. The maximum atomic E-state index is 12.0. The number of aliphatic carboxylic acids is 1. The summed E-state index contributed by atoms with van der Waals surface area (Å²) >= 11 is 0. The van der Waals surface area contributed by atoms with E-state index in [1.54, 1.807) is 29.2 Å². The number of carbonyl (C=O) groups is 2. The Labute approximate surface area is 122 Å². The fourth-order valence-electron chi connectivity index (χ4n) is 2.39. The van der Waals surface area contributed by atoms with E-state index in [1.807, 2.05) is 6.07 Å². The molecule has 1 amide bonds. The Bertz CT molecular complexity index is 579. The second-order valence-electron chi connectivity index (χ2n) is 4.99. The van der Waals surface area contributed by atoms with E-state index < -0.39 is 5.97 Å². The molecule has 2 rings (SSSR count). The minimum atomic E-state index is -0.839. The number of hydrogen-bond donors (Lipinski definition) is 1. The zero-order chi connectivity index (χ0) is 15.2. The molecule has 21 heavy (non-hydrogen) atoms. The maximum Gasteiger partial charge on any atom is 0.303 e. The first kappa shape index (κ1) is 14.9. The number of benzene rings is 1. The average molecular weight is 288 g/mol. The number of hydrogen-bond acceptors (Lipinski definition) is 4. The lowest BCUT2D eigenvalue weighted by atomic mass is 10.1. The summed E-state index contributed by atoms with van der Waals surface area (Å²) in [7, 11) is 0. The highest BCUT2D eigenvalue weighted by atomic mass is 16.5. The number of amides is 1. The van der Waals surface area contributed by atoms with Crippen molar-refractivity contribution in [3.8, 4) is 11.8 Å². The van der Waals surface area contributed by atoms with Crippen molar-refractivity contribution in [1.82, 2.24) is 4.90 Å². The summed E-state index contributed by atoms with van der Waals surface area (Å²) in [5.74, 6) is -0.628. The van der Waals surface area contributed by atoms with Gasteiger partial charge in [0.05, 0.1) is 5.56 Å². The van der Waals surface area contributed by atoms with Crippen LogP contribution < -0.4 is 4.74 Å². The van der Waals surface area contributed by atoms with Crippen molar-refractivity contribution in [2.45, 2.75) is 12.8 Å². The zero-order valence-corrected chi connectivity index (χ0v) is 11.5. The summed E-state index contributed by atoms with van der Waals surface area (Å²) < 4.78 is 5.39. The number of nitrogens with zero attached hydrogens (tertiary/aromatic N) is 2. The minimum absolute atomic E-state index is 0.0119. The number of carboxylic acid groups (broad SMARTS) is 1. The Morgan fingerprint density at radius 1 is 1.43 bits per heavy atom. The van der Waals surface area contributed by atoms with Crippen LogP contribution in [0.2, 0.25) is 0 Å². The SMILES string of the molecule is N#Cc1ccccc1OCC(=O)N1CCC(CC(=O)O)C1. The monoisotopic (exact) mass is 288 g/mol. The van der Waals surface area contributed by atoms with Crippen LogP contribution in [0.1, 0.15) is 18.4 Å². The molecule has 1 N–H and O–H groups in total. The molecule has 6 heteroatoms. The van der Waals surface area contributed by atoms with E-state index in [2.05, 4.69) is 0 Å². The van der Waals surface area contributed by atoms with Crippen molar-refractivity contribution >= 4 is 11.9 Å². The summed E-state index contributed by atoms with van der Waals surface area (Å²) in [4.78, 5) is 24.3. The molecule has 0 radical (unpaired) electrons. The number of likely N-dealkylation sites (tertiary alicyclic amines) is 1. The number of carbonyl (C=O) groups excluding carboxylic acids is 1. The van der Waals surface area contributed by atoms with E-state index in [9.17, 15) is 9.59 Å².